The molecule has 1 heterocycles. The fourth-order valence-corrected chi connectivity index (χ4v) is 3.04. The molecular formula is C17H18FN3O. The lowest BCUT2D eigenvalue weighted by Crippen LogP contribution is -2.52. The molecule has 0 aromatic heterocycles. The zero-order chi connectivity index (χ0) is 15.5. The summed E-state index contributed by atoms with van der Waals surface area (Å²) in [7, 11) is 0. The summed E-state index contributed by atoms with van der Waals surface area (Å²) in [4.78, 5) is 13.4. The highest BCUT2D eigenvalue weighted by Crippen LogP contribution is 2.36. The maximum absolute atomic E-state index is 13.6. The third kappa shape index (κ3) is 2.80. The zero-order valence-corrected chi connectivity index (χ0v) is 12.1. The van der Waals surface area contributed by atoms with Crippen LogP contribution in [0.3, 0.4) is 0 Å². The number of carbonyl (C=O) groups excluding carboxylic acids is 1. The highest BCUT2D eigenvalue weighted by atomic mass is 19.1. The average molecular weight is 299 g/mol. The van der Waals surface area contributed by atoms with Gasteiger partial charge in [-0.25, -0.2) is 9.18 Å². The average Bonchev–Trinajstić information content (AvgIpc) is 2.55. The van der Waals surface area contributed by atoms with Crippen molar-refractivity contribution in [3.8, 4) is 0 Å². The number of amides is 2. The van der Waals surface area contributed by atoms with E-state index in [9.17, 15) is 9.18 Å². The molecule has 2 amide bonds. The maximum Gasteiger partial charge on any atom is 0.315 e. The van der Waals surface area contributed by atoms with E-state index in [1.807, 2.05) is 36.4 Å². The molecule has 3 N–H and O–H groups in total. The normalized spacial score (nSPS) is 21.6. The second-order valence-corrected chi connectivity index (χ2v) is 5.37. The molecule has 1 aliphatic heterocycles. The lowest BCUT2D eigenvalue weighted by atomic mass is 9.90. The molecule has 2 aromatic rings. The van der Waals surface area contributed by atoms with Crippen molar-refractivity contribution in [3.63, 3.8) is 0 Å². The first-order chi connectivity index (χ1) is 10.7. The van der Waals surface area contributed by atoms with Gasteiger partial charge in [0.2, 0.25) is 0 Å². The molecule has 1 aliphatic rings. The molecule has 5 heteroatoms. The Morgan fingerprint density at radius 3 is 2.55 bits per heavy atom. The molecule has 0 radical (unpaired) electrons. The number of piperazine rings is 1. The molecule has 1 unspecified atom stereocenters. The van der Waals surface area contributed by atoms with Gasteiger partial charge in [-0.1, -0.05) is 42.5 Å². The zero-order valence-electron chi connectivity index (χ0n) is 12.1. The van der Waals surface area contributed by atoms with E-state index >= 15 is 0 Å². The molecule has 1 fully saturated rings. The molecule has 22 heavy (non-hydrogen) atoms. The van der Waals surface area contributed by atoms with Crippen molar-refractivity contribution < 1.29 is 9.18 Å². The third-order valence-electron chi connectivity index (χ3n) is 4.00. The third-order valence-corrected chi connectivity index (χ3v) is 4.00. The Morgan fingerprint density at radius 2 is 1.86 bits per heavy atom. The van der Waals surface area contributed by atoms with Gasteiger partial charge in [-0.3, -0.25) is 0 Å². The van der Waals surface area contributed by atoms with E-state index in [2.05, 4.69) is 5.32 Å². The van der Waals surface area contributed by atoms with Gasteiger partial charge < -0.3 is 16.0 Å². The summed E-state index contributed by atoms with van der Waals surface area (Å²) in [5.74, 6) is -0.320. The van der Waals surface area contributed by atoms with Gasteiger partial charge in [-0.2, -0.15) is 0 Å². The van der Waals surface area contributed by atoms with Crippen molar-refractivity contribution >= 4 is 6.03 Å². The summed E-state index contributed by atoms with van der Waals surface area (Å²) in [5, 5.41) is 3.42. The predicted molar refractivity (Wildman–Crippen MR) is 82.6 cm³/mol. The smallest absolute Gasteiger partial charge is 0.315 e. The first-order valence-electron chi connectivity index (χ1n) is 7.26. The van der Waals surface area contributed by atoms with E-state index in [1.165, 1.54) is 12.1 Å². The fraction of sp³-hybridized carbons (Fsp3) is 0.235. The van der Waals surface area contributed by atoms with Crippen LogP contribution in [-0.2, 0) is 0 Å². The highest BCUT2D eigenvalue weighted by molar-refractivity contribution is 5.73. The van der Waals surface area contributed by atoms with Gasteiger partial charge in [-0.05, 0) is 23.3 Å². The van der Waals surface area contributed by atoms with Gasteiger partial charge in [0.25, 0.3) is 0 Å². The van der Waals surface area contributed by atoms with Crippen molar-refractivity contribution in [2.45, 2.75) is 12.1 Å². The summed E-state index contributed by atoms with van der Waals surface area (Å²) < 4.78 is 13.6. The van der Waals surface area contributed by atoms with Gasteiger partial charge >= 0.3 is 6.03 Å². The van der Waals surface area contributed by atoms with Gasteiger partial charge in [0.05, 0.1) is 12.1 Å². The van der Waals surface area contributed by atoms with E-state index in [0.717, 1.165) is 11.1 Å². The number of rotatable bonds is 2. The maximum atomic E-state index is 13.6. The molecule has 3 rings (SSSR count). The molecule has 2 atom stereocenters. The Hall–Kier alpha value is -2.40. The summed E-state index contributed by atoms with van der Waals surface area (Å²) in [6.45, 7) is 1.15. The van der Waals surface area contributed by atoms with Crippen LogP contribution < -0.4 is 11.1 Å². The Bertz CT molecular complexity index is 662. The minimum absolute atomic E-state index is 0.121. The van der Waals surface area contributed by atoms with Crippen LogP contribution in [0.4, 0.5) is 9.18 Å². The van der Waals surface area contributed by atoms with Gasteiger partial charge in [0, 0.05) is 13.1 Å². The summed E-state index contributed by atoms with van der Waals surface area (Å²) in [6, 6.07) is 15.2. The van der Waals surface area contributed by atoms with Crippen LogP contribution in [0.5, 0.6) is 0 Å². The molecule has 1 saturated heterocycles. The fourth-order valence-electron chi connectivity index (χ4n) is 3.04. The second-order valence-electron chi connectivity index (χ2n) is 5.37. The van der Waals surface area contributed by atoms with Crippen molar-refractivity contribution in [1.82, 2.24) is 10.2 Å². The van der Waals surface area contributed by atoms with Gasteiger partial charge in [0.15, 0.2) is 0 Å². The number of hydrogen-bond acceptors (Lipinski definition) is 2. The Kier molecular flexibility index (Phi) is 4.06. The van der Waals surface area contributed by atoms with E-state index in [4.69, 9.17) is 5.73 Å². The summed E-state index contributed by atoms with van der Waals surface area (Å²) in [5.41, 5.74) is 7.32. The number of carbonyl (C=O) groups is 1. The van der Waals surface area contributed by atoms with Crippen LogP contribution in [0.2, 0.25) is 0 Å². The van der Waals surface area contributed by atoms with Gasteiger partial charge in [0.1, 0.15) is 5.82 Å². The van der Waals surface area contributed by atoms with E-state index in [0.29, 0.717) is 13.1 Å². The number of primary amides is 1. The van der Waals surface area contributed by atoms with Crippen molar-refractivity contribution in [1.29, 1.82) is 0 Å². The molecule has 114 valence electrons. The molecule has 4 nitrogen and oxygen atoms in total. The lowest BCUT2D eigenvalue weighted by molar-refractivity contribution is 0.139. The standard InChI is InChI=1S/C17H18FN3O/c18-14-8-4-7-13(11-14)16-15(12-5-2-1-3-6-12)20-9-10-21(16)17(19)22/h1-8,11,15-16,20H,9-10H2,(H2,19,22)/t15?,16-/m1/s1. The number of nitrogens with one attached hydrogen (secondary N) is 1. The number of halogens is 1. The van der Waals surface area contributed by atoms with Crippen LogP contribution in [0.15, 0.2) is 54.6 Å². The molecule has 0 bridgehead atoms. The van der Waals surface area contributed by atoms with Crippen LogP contribution in [-0.4, -0.2) is 24.0 Å². The molecule has 2 aromatic carbocycles. The Balaban J connectivity index is 2.05. The first kappa shape index (κ1) is 14.5. The monoisotopic (exact) mass is 299 g/mol. The minimum Gasteiger partial charge on any atom is -0.351 e. The first-order valence-corrected chi connectivity index (χ1v) is 7.26. The number of nitrogens with two attached hydrogens (primary N) is 1. The van der Waals surface area contributed by atoms with E-state index in [1.54, 1.807) is 11.0 Å². The topological polar surface area (TPSA) is 58.4 Å². The SMILES string of the molecule is NC(=O)N1CCNC(c2ccccc2)[C@H]1c1cccc(F)c1. The van der Waals surface area contributed by atoms with E-state index < -0.39 is 6.03 Å². The minimum atomic E-state index is -0.489. The highest BCUT2D eigenvalue weighted by Gasteiger charge is 2.35. The largest absolute Gasteiger partial charge is 0.351 e. The number of urea groups is 1. The lowest BCUT2D eigenvalue weighted by Gasteiger charge is -2.41. The van der Waals surface area contributed by atoms with E-state index in [-0.39, 0.29) is 17.9 Å². The summed E-state index contributed by atoms with van der Waals surface area (Å²) in [6.07, 6.45) is 0. The van der Waals surface area contributed by atoms with Crippen LogP contribution in [0.1, 0.15) is 23.2 Å². The van der Waals surface area contributed by atoms with Crippen LogP contribution in [0.25, 0.3) is 0 Å². The Labute approximate surface area is 128 Å². The molecule has 0 spiro atoms. The Morgan fingerprint density at radius 1 is 1.14 bits per heavy atom. The van der Waals surface area contributed by atoms with Gasteiger partial charge in [-0.15, -0.1) is 0 Å². The molecule has 0 aliphatic carbocycles. The van der Waals surface area contributed by atoms with Crippen molar-refractivity contribution in [3.05, 3.63) is 71.5 Å². The second kappa shape index (κ2) is 6.15. The number of hydrogen-bond donors (Lipinski definition) is 2. The van der Waals surface area contributed by atoms with Crippen LogP contribution >= 0.6 is 0 Å². The van der Waals surface area contributed by atoms with Crippen molar-refractivity contribution in [2.24, 2.45) is 5.73 Å². The summed E-state index contributed by atoms with van der Waals surface area (Å²) >= 11 is 0. The van der Waals surface area contributed by atoms with Crippen molar-refractivity contribution in [2.75, 3.05) is 13.1 Å². The quantitative estimate of drug-likeness (QED) is 0.895. The predicted octanol–water partition coefficient (Wildman–Crippen LogP) is 2.59. The molecule has 0 saturated carbocycles. The molecular weight excluding hydrogens is 281 g/mol. The number of nitrogens with zero attached hydrogens (tertiary/aromatic N) is 1. The number of benzene rings is 2. The van der Waals surface area contributed by atoms with Crippen LogP contribution in [0, 0.1) is 5.82 Å².